The first-order valence-corrected chi connectivity index (χ1v) is 12.9. The van der Waals surface area contributed by atoms with Crippen LogP contribution in [0.5, 0.6) is 11.5 Å². The summed E-state index contributed by atoms with van der Waals surface area (Å²) in [5, 5.41) is 0.616. The summed E-state index contributed by atoms with van der Waals surface area (Å²) in [7, 11) is -3.44. The highest BCUT2D eigenvalue weighted by atomic mass is 32.2. The minimum Gasteiger partial charge on any atom is -0.461 e. The Morgan fingerprint density at radius 2 is 1.81 bits per heavy atom. The maximum Gasteiger partial charge on any atom is 0.355 e. The number of aryl methyl sites for hydroxylation is 1. The van der Waals surface area contributed by atoms with Crippen molar-refractivity contribution in [2.45, 2.75) is 19.6 Å². The van der Waals surface area contributed by atoms with E-state index in [0.717, 1.165) is 18.4 Å². The van der Waals surface area contributed by atoms with Crippen LogP contribution in [-0.4, -0.2) is 37.2 Å². The highest BCUT2D eigenvalue weighted by Gasteiger charge is 2.25. The molecule has 11 heteroatoms. The van der Waals surface area contributed by atoms with Crippen LogP contribution < -0.4 is 10.3 Å². The largest absolute Gasteiger partial charge is 0.461 e. The van der Waals surface area contributed by atoms with Gasteiger partial charge in [0.25, 0.3) is 5.56 Å². The summed E-state index contributed by atoms with van der Waals surface area (Å²) in [5.74, 6) is -3.15. The maximum atomic E-state index is 14.4. The molecule has 0 saturated heterocycles. The molecule has 0 bridgehead atoms. The number of esters is 1. The predicted octanol–water partition coefficient (Wildman–Crippen LogP) is 4.62. The molecule has 0 saturated carbocycles. The van der Waals surface area contributed by atoms with Crippen molar-refractivity contribution in [3.05, 3.63) is 81.5 Å². The molecule has 4 rings (SSSR count). The van der Waals surface area contributed by atoms with Gasteiger partial charge in [-0.1, -0.05) is 6.07 Å². The van der Waals surface area contributed by atoms with Gasteiger partial charge in [0.1, 0.15) is 17.3 Å². The molecule has 0 spiro atoms. The molecule has 2 N–H and O–H groups in total. The van der Waals surface area contributed by atoms with Crippen molar-refractivity contribution in [3.63, 3.8) is 0 Å². The normalized spacial score (nSPS) is 11.6. The van der Waals surface area contributed by atoms with E-state index >= 15 is 0 Å². The van der Waals surface area contributed by atoms with Crippen molar-refractivity contribution >= 4 is 26.6 Å². The summed E-state index contributed by atoms with van der Waals surface area (Å²) < 4.78 is 62.7. The molecule has 2 aromatic carbocycles. The molecule has 0 aliphatic carbocycles. The lowest BCUT2D eigenvalue weighted by Gasteiger charge is -2.17. The number of aromatic amines is 2. The minimum absolute atomic E-state index is 0.0305. The number of H-pyrrole nitrogens is 2. The Hall–Kier alpha value is -3.99. The molecule has 0 radical (unpaired) electrons. The molecule has 0 atom stereocenters. The molecule has 4 aromatic rings. The highest BCUT2D eigenvalue weighted by Crippen LogP contribution is 2.40. The topological polar surface area (TPSA) is 118 Å². The van der Waals surface area contributed by atoms with Gasteiger partial charge in [0.2, 0.25) is 0 Å². The van der Waals surface area contributed by atoms with Crippen molar-refractivity contribution in [2.24, 2.45) is 0 Å². The van der Waals surface area contributed by atoms with Crippen molar-refractivity contribution in [1.82, 2.24) is 9.97 Å². The highest BCUT2D eigenvalue weighted by molar-refractivity contribution is 7.89. The van der Waals surface area contributed by atoms with E-state index in [4.69, 9.17) is 9.47 Å². The second kappa shape index (κ2) is 9.57. The SMILES string of the molecule is CCOC(=O)c1[nH]c(=O)c2c(C)[nH]cc2c1-c1cc(CS(C)(=O)=O)ccc1Oc1ccc(F)cc1F. The van der Waals surface area contributed by atoms with Crippen LogP contribution in [0.4, 0.5) is 8.78 Å². The van der Waals surface area contributed by atoms with E-state index in [1.54, 1.807) is 13.8 Å². The van der Waals surface area contributed by atoms with Gasteiger partial charge in [-0.15, -0.1) is 0 Å². The minimum atomic E-state index is -3.44. The zero-order valence-electron chi connectivity index (χ0n) is 19.6. The van der Waals surface area contributed by atoms with E-state index in [0.29, 0.717) is 22.7 Å². The molecule has 2 aromatic heterocycles. The Balaban J connectivity index is 2.04. The summed E-state index contributed by atoms with van der Waals surface area (Å²) in [6.07, 6.45) is 2.60. The van der Waals surface area contributed by atoms with Gasteiger partial charge in [0.05, 0.1) is 17.7 Å². The number of pyridine rings is 1. The number of aromatic nitrogens is 2. The second-order valence-corrected chi connectivity index (χ2v) is 10.3. The Bertz CT molecular complexity index is 1660. The number of hydrogen-bond acceptors (Lipinski definition) is 6. The zero-order chi connectivity index (χ0) is 26.2. The number of sulfone groups is 1. The van der Waals surface area contributed by atoms with Gasteiger partial charge >= 0.3 is 5.97 Å². The zero-order valence-corrected chi connectivity index (χ0v) is 20.4. The molecule has 188 valence electrons. The molecule has 0 fully saturated rings. The number of ether oxygens (including phenoxy) is 2. The molecule has 2 heterocycles. The van der Waals surface area contributed by atoms with Crippen molar-refractivity contribution in [1.29, 1.82) is 0 Å². The molecular weight excluding hydrogens is 494 g/mol. The fraction of sp³-hybridized carbons (Fsp3) is 0.200. The summed E-state index contributed by atoms with van der Waals surface area (Å²) in [6.45, 7) is 3.31. The lowest BCUT2D eigenvalue weighted by Crippen LogP contribution is -2.17. The summed E-state index contributed by atoms with van der Waals surface area (Å²) in [4.78, 5) is 31.2. The smallest absolute Gasteiger partial charge is 0.355 e. The van der Waals surface area contributed by atoms with Crippen LogP contribution in [0, 0.1) is 18.6 Å². The monoisotopic (exact) mass is 516 g/mol. The third kappa shape index (κ3) is 5.01. The Morgan fingerprint density at radius 1 is 1.08 bits per heavy atom. The first-order chi connectivity index (χ1) is 17.0. The van der Waals surface area contributed by atoms with Crippen LogP contribution in [-0.2, 0) is 20.3 Å². The maximum absolute atomic E-state index is 14.4. The molecule has 8 nitrogen and oxygen atoms in total. The summed E-state index contributed by atoms with van der Waals surface area (Å²) in [6, 6.07) is 7.17. The van der Waals surface area contributed by atoms with Crippen molar-refractivity contribution < 1.29 is 31.5 Å². The molecule has 0 amide bonds. The standard InChI is InChI=1S/C25H22F2N2O6S/c1-4-34-25(31)23-22(17-11-28-13(2)21(17)24(30)29-23)16-9-14(12-36(3,32)33)5-7-19(16)35-20-8-6-15(26)10-18(20)27/h5-11,28H,4,12H2,1-3H3,(H,29,30). The van der Waals surface area contributed by atoms with Gasteiger partial charge in [-0.25, -0.2) is 22.0 Å². The average Bonchev–Trinajstić information content (AvgIpc) is 3.18. The van der Waals surface area contributed by atoms with Gasteiger partial charge < -0.3 is 19.4 Å². The first kappa shape index (κ1) is 25.1. The number of benzene rings is 2. The van der Waals surface area contributed by atoms with E-state index in [-0.39, 0.29) is 46.1 Å². The van der Waals surface area contributed by atoms with E-state index in [2.05, 4.69) is 9.97 Å². The summed E-state index contributed by atoms with van der Waals surface area (Å²) in [5.41, 5.74) is 0.565. The lowest BCUT2D eigenvalue weighted by molar-refractivity contribution is 0.0520. The number of fused-ring (bicyclic) bond motifs is 1. The van der Waals surface area contributed by atoms with Crippen LogP contribution >= 0.6 is 0 Å². The van der Waals surface area contributed by atoms with Gasteiger partial charge in [0.15, 0.2) is 21.4 Å². The number of rotatable bonds is 7. The Labute approximate surface area is 204 Å². The number of halogens is 2. The molecule has 0 aliphatic rings. The Kier molecular flexibility index (Phi) is 6.68. The van der Waals surface area contributed by atoms with Crippen molar-refractivity contribution in [2.75, 3.05) is 12.9 Å². The Morgan fingerprint density at radius 3 is 2.47 bits per heavy atom. The van der Waals surface area contributed by atoms with Crippen LogP contribution in [0.2, 0.25) is 0 Å². The predicted molar refractivity (Wildman–Crippen MR) is 130 cm³/mol. The number of nitrogens with one attached hydrogen (secondary N) is 2. The lowest BCUT2D eigenvalue weighted by atomic mass is 9.96. The van der Waals surface area contributed by atoms with Gasteiger partial charge in [0, 0.05) is 40.7 Å². The number of hydrogen-bond donors (Lipinski definition) is 2. The van der Waals surface area contributed by atoms with E-state index in [1.807, 2.05) is 0 Å². The van der Waals surface area contributed by atoms with Gasteiger partial charge in [-0.05, 0) is 43.7 Å². The number of carbonyl (C=O) groups excluding carboxylic acids is 1. The number of carbonyl (C=O) groups is 1. The average molecular weight is 517 g/mol. The third-order valence-electron chi connectivity index (χ3n) is 5.40. The van der Waals surface area contributed by atoms with Gasteiger partial charge in [-0.2, -0.15) is 0 Å². The molecular formula is C25H22F2N2O6S. The third-order valence-corrected chi connectivity index (χ3v) is 6.26. The molecule has 0 aliphatic heterocycles. The first-order valence-electron chi connectivity index (χ1n) is 10.8. The van der Waals surface area contributed by atoms with Crippen LogP contribution in [0.15, 0.2) is 47.4 Å². The van der Waals surface area contributed by atoms with Crippen molar-refractivity contribution in [3.8, 4) is 22.6 Å². The second-order valence-electron chi connectivity index (χ2n) is 8.20. The van der Waals surface area contributed by atoms with Crippen LogP contribution in [0.1, 0.15) is 28.7 Å². The van der Waals surface area contributed by atoms with E-state index in [1.165, 1.54) is 24.4 Å². The van der Waals surface area contributed by atoms with Gasteiger partial charge in [-0.3, -0.25) is 4.79 Å². The fourth-order valence-electron chi connectivity index (χ4n) is 3.96. The molecule has 36 heavy (non-hydrogen) atoms. The summed E-state index contributed by atoms with van der Waals surface area (Å²) >= 11 is 0. The van der Waals surface area contributed by atoms with Crippen LogP contribution in [0.3, 0.4) is 0 Å². The fourth-order valence-corrected chi connectivity index (χ4v) is 4.74. The quantitative estimate of drug-likeness (QED) is 0.346. The molecule has 0 unspecified atom stereocenters. The van der Waals surface area contributed by atoms with E-state index < -0.39 is 33.0 Å². The van der Waals surface area contributed by atoms with E-state index in [9.17, 15) is 26.8 Å². The van der Waals surface area contributed by atoms with Crippen LogP contribution in [0.25, 0.3) is 21.9 Å².